The summed E-state index contributed by atoms with van der Waals surface area (Å²) in [5.74, 6) is 0.173. The Balaban J connectivity index is 2.22. The van der Waals surface area contributed by atoms with Gasteiger partial charge in [0.15, 0.2) is 11.6 Å². The van der Waals surface area contributed by atoms with Crippen molar-refractivity contribution in [2.24, 2.45) is 0 Å². The van der Waals surface area contributed by atoms with Crippen LogP contribution in [0.25, 0.3) is 0 Å². The standard InChI is InChI=1S/C12H12ClFN2S/c1-16(8-10-3-2-6-17-10)12-11(14)9(7-13)4-5-15-12/h2-6H,7-8H2,1H3. The Bertz CT molecular complexity index is 487. The van der Waals surface area contributed by atoms with E-state index in [0.717, 1.165) is 0 Å². The van der Waals surface area contributed by atoms with Crippen LogP contribution in [0.5, 0.6) is 0 Å². The van der Waals surface area contributed by atoms with Gasteiger partial charge in [-0.2, -0.15) is 0 Å². The second kappa shape index (κ2) is 5.47. The van der Waals surface area contributed by atoms with Gasteiger partial charge in [0.05, 0.1) is 12.4 Å². The average molecular weight is 271 g/mol. The molecule has 2 aromatic rings. The van der Waals surface area contributed by atoms with Crippen LogP contribution in [-0.4, -0.2) is 12.0 Å². The third-order valence-corrected chi connectivity index (χ3v) is 3.58. The maximum absolute atomic E-state index is 14.0. The van der Waals surface area contributed by atoms with Gasteiger partial charge < -0.3 is 4.90 Å². The van der Waals surface area contributed by atoms with Crippen LogP contribution in [-0.2, 0) is 12.4 Å². The molecule has 2 nitrogen and oxygen atoms in total. The van der Waals surface area contributed by atoms with Gasteiger partial charge in [0.25, 0.3) is 0 Å². The molecular weight excluding hydrogens is 259 g/mol. The molecule has 0 bridgehead atoms. The molecule has 0 saturated heterocycles. The summed E-state index contributed by atoms with van der Waals surface area (Å²) in [4.78, 5) is 7.02. The summed E-state index contributed by atoms with van der Waals surface area (Å²) in [6.07, 6.45) is 1.58. The molecule has 2 aromatic heterocycles. The normalized spacial score (nSPS) is 10.5. The lowest BCUT2D eigenvalue weighted by atomic mass is 10.2. The van der Waals surface area contributed by atoms with Crippen molar-refractivity contribution < 1.29 is 4.39 Å². The first-order chi connectivity index (χ1) is 8.22. The Morgan fingerprint density at radius 3 is 2.94 bits per heavy atom. The number of pyridine rings is 1. The van der Waals surface area contributed by atoms with Crippen LogP contribution in [0.3, 0.4) is 0 Å². The van der Waals surface area contributed by atoms with Gasteiger partial charge in [-0.1, -0.05) is 6.07 Å². The zero-order valence-corrected chi connectivity index (χ0v) is 10.9. The van der Waals surface area contributed by atoms with Crippen LogP contribution in [0.2, 0.25) is 0 Å². The van der Waals surface area contributed by atoms with Crippen molar-refractivity contribution in [1.29, 1.82) is 0 Å². The second-order valence-corrected chi connectivity index (χ2v) is 4.98. The van der Waals surface area contributed by atoms with Crippen molar-refractivity contribution in [2.75, 3.05) is 11.9 Å². The fourth-order valence-electron chi connectivity index (χ4n) is 1.55. The molecule has 5 heteroatoms. The van der Waals surface area contributed by atoms with Crippen LogP contribution in [0, 0.1) is 5.82 Å². The van der Waals surface area contributed by atoms with E-state index in [9.17, 15) is 4.39 Å². The minimum atomic E-state index is -0.332. The van der Waals surface area contributed by atoms with Crippen molar-refractivity contribution in [3.63, 3.8) is 0 Å². The SMILES string of the molecule is CN(Cc1cccs1)c1nccc(CCl)c1F. The van der Waals surface area contributed by atoms with Crippen molar-refractivity contribution in [3.05, 3.63) is 46.0 Å². The number of rotatable bonds is 4. The van der Waals surface area contributed by atoms with E-state index in [4.69, 9.17) is 11.6 Å². The summed E-state index contributed by atoms with van der Waals surface area (Å²) in [5, 5.41) is 2.00. The van der Waals surface area contributed by atoms with E-state index in [-0.39, 0.29) is 11.7 Å². The third kappa shape index (κ3) is 2.76. The molecule has 0 N–H and O–H groups in total. The molecule has 0 atom stereocenters. The van der Waals surface area contributed by atoms with Gasteiger partial charge in [0, 0.05) is 23.7 Å². The quantitative estimate of drug-likeness (QED) is 0.789. The Morgan fingerprint density at radius 2 is 2.29 bits per heavy atom. The van der Waals surface area contributed by atoms with E-state index >= 15 is 0 Å². The summed E-state index contributed by atoms with van der Waals surface area (Å²) < 4.78 is 14.0. The minimum Gasteiger partial charge on any atom is -0.352 e. The first kappa shape index (κ1) is 12.3. The molecule has 0 aliphatic rings. The number of hydrogen-bond acceptors (Lipinski definition) is 3. The molecule has 2 rings (SSSR count). The van der Waals surface area contributed by atoms with E-state index < -0.39 is 0 Å². The number of anilines is 1. The largest absolute Gasteiger partial charge is 0.352 e. The first-order valence-corrected chi connectivity index (χ1v) is 6.56. The second-order valence-electron chi connectivity index (χ2n) is 3.68. The predicted octanol–water partition coefficient (Wildman–Crippen LogP) is 3.66. The smallest absolute Gasteiger partial charge is 0.170 e. The van der Waals surface area contributed by atoms with Crippen molar-refractivity contribution in [1.82, 2.24) is 4.98 Å². The number of halogens is 2. The van der Waals surface area contributed by atoms with E-state index in [1.54, 1.807) is 28.5 Å². The third-order valence-electron chi connectivity index (χ3n) is 2.43. The summed E-state index contributed by atoms with van der Waals surface area (Å²) in [6.45, 7) is 0.646. The van der Waals surface area contributed by atoms with Crippen molar-refractivity contribution in [3.8, 4) is 0 Å². The number of aromatic nitrogens is 1. The summed E-state index contributed by atoms with van der Waals surface area (Å²) in [7, 11) is 1.82. The highest BCUT2D eigenvalue weighted by atomic mass is 35.5. The monoisotopic (exact) mass is 270 g/mol. The molecule has 0 unspecified atom stereocenters. The highest BCUT2D eigenvalue weighted by molar-refractivity contribution is 7.09. The molecular formula is C12H12ClFN2S. The van der Waals surface area contributed by atoms with Crippen LogP contribution >= 0.6 is 22.9 Å². The summed E-state index contributed by atoms with van der Waals surface area (Å²) >= 11 is 7.31. The number of hydrogen-bond donors (Lipinski definition) is 0. The molecule has 2 heterocycles. The van der Waals surface area contributed by atoms with E-state index in [1.807, 2.05) is 24.6 Å². The van der Waals surface area contributed by atoms with Gasteiger partial charge in [-0.25, -0.2) is 9.37 Å². The van der Waals surface area contributed by atoms with Crippen LogP contribution < -0.4 is 4.90 Å². The number of nitrogens with zero attached hydrogens (tertiary/aromatic N) is 2. The highest BCUT2D eigenvalue weighted by Crippen LogP contribution is 2.22. The predicted molar refractivity (Wildman–Crippen MR) is 70.2 cm³/mol. The summed E-state index contributed by atoms with van der Waals surface area (Å²) in [6, 6.07) is 5.60. The van der Waals surface area contributed by atoms with E-state index in [2.05, 4.69) is 4.98 Å². The Hall–Kier alpha value is -1.13. The molecule has 0 amide bonds. The molecule has 0 fully saturated rings. The molecule has 0 aromatic carbocycles. The van der Waals surface area contributed by atoms with Gasteiger partial charge in [-0.3, -0.25) is 0 Å². The van der Waals surface area contributed by atoms with Gasteiger partial charge in [0.2, 0.25) is 0 Å². The lowest BCUT2D eigenvalue weighted by Crippen LogP contribution is -2.19. The van der Waals surface area contributed by atoms with E-state index in [1.165, 1.54) is 4.88 Å². The van der Waals surface area contributed by atoms with Gasteiger partial charge in [0.1, 0.15) is 0 Å². The van der Waals surface area contributed by atoms with Gasteiger partial charge in [-0.05, 0) is 17.5 Å². The molecule has 0 radical (unpaired) electrons. The average Bonchev–Trinajstić information content (AvgIpc) is 2.82. The highest BCUT2D eigenvalue weighted by Gasteiger charge is 2.13. The molecule has 17 heavy (non-hydrogen) atoms. The summed E-state index contributed by atoms with van der Waals surface area (Å²) in [5.41, 5.74) is 0.481. The van der Waals surface area contributed by atoms with Crippen LogP contribution in [0.4, 0.5) is 10.2 Å². The first-order valence-electron chi connectivity index (χ1n) is 5.15. The molecule has 0 aliphatic carbocycles. The van der Waals surface area contributed by atoms with E-state index in [0.29, 0.717) is 17.9 Å². The zero-order chi connectivity index (χ0) is 12.3. The maximum Gasteiger partial charge on any atom is 0.170 e. The zero-order valence-electron chi connectivity index (χ0n) is 9.36. The van der Waals surface area contributed by atoms with Gasteiger partial charge in [-0.15, -0.1) is 22.9 Å². The topological polar surface area (TPSA) is 16.1 Å². The van der Waals surface area contributed by atoms with Crippen molar-refractivity contribution in [2.45, 2.75) is 12.4 Å². The Morgan fingerprint density at radius 1 is 1.47 bits per heavy atom. The fraction of sp³-hybridized carbons (Fsp3) is 0.250. The molecule has 0 saturated carbocycles. The fourth-order valence-corrected chi connectivity index (χ4v) is 2.52. The van der Waals surface area contributed by atoms with Crippen molar-refractivity contribution >= 4 is 28.8 Å². The molecule has 0 spiro atoms. The lowest BCUT2D eigenvalue weighted by molar-refractivity contribution is 0.604. The van der Waals surface area contributed by atoms with Crippen LogP contribution in [0.15, 0.2) is 29.8 Å². The molecule has 90 valence electrons. The Kier molecular flexibility index (Phi) is 3.97. The lowest BCUT2D eigenvalue weighted by Gasteiger charge is -2.18. The minimum absolute atomic E-state index is 0.161. The van der Waals surface area contributed by atoms with Crippen LogP contribution in [0.1, 0.15) is 10.4 Å². The Labute approximate surface area is 109 Å². The van der Waals surface area contributed by atoms with Gasteiger partial charge >= 0.3 is 0 Å². The number of thiophene rings is 1. The number of alkyl halides is 1. The molecule has 0 aliphatic heterocycles. The maximum atomic E-state index is 14.0.